The number of benzene rings is 1. The minimum absolute atomic E-state index is 0.253. The summed E-state index contributed by atoms with van der Waals surface area (Å²) >= 11 is 0. The molecule has 1 aromatic carbocycles. The van der Waals surface area contributed by atoms with Crippen LogP contribution in [0.5, 0.6) is 0 Å². The Balaban J connectivity index is 1.99. The summed E-state index contributed by atoms with van der Waals surface area (Å²) in [6, 6.07) is 5.96. The largest absolute Gasteiger partial charge is 0.397 e. The lowest BCUT2D eigenvalue weighted by atomic mass is 10.2. The van der Waals surface area contributed by atoms with Gasteiger partial charge in [0.15, 0.2) is 9.84 Å². The van der Waals surface area contributed by atoms with Crippen molar-refractivity contribution in [3.8, 4) is 0 Å². The lowest BCUT2D eigenvalue weighted by Gasteiger charge is -2.25. The molecule has 1 atom stereocenters. The van der Waals surface area contributed by atoms with Gasteiger partial charge in [-0.25, -0.2) is 8.42 Å². The average Bonchev–Trinajstić information content (AvgIpc) is 3.19. The standard InChI is InChI=1S/C14H23N3O2S/c1-10(17(2)11-4-5-11)9-16-14-7-6-12(8-13(14)15)20(3,18)19/h6-8,10-11,16H,4-5,9,15H2,1-3H3. The van der Waals surface area contributed by atoms with Crippen molar-refractivity contribution in [1.82, 2.24) is 4.90 Å². The number of hydrogen-bond donors (Lipinski definition) is 2. The fraction of sp³-hybridized carbons (Fsp3) is 0.571. The molecule has 1 aliphatic rings. The summed E-state index contributed by atoms with van der Waals surface area (Å²) in [5.74, 6) is 0. The molecule has 0 bridgehead atoms. The molecule has 112 valence electrons. The number of nitrogens with zero attached hydrogens (tertiary/aromatic N) is 1. The molecule has 5 nitrogen and oxygen atoms in total. The van der Waals surface area contributed by atoms with Crippen LogP contribution >= 0.6 is 0 Å². The molecule has 1 aliphatic carbocycles. The van der Waals surface area contributed by atoms with Crippen LogP contribution in [0.15, 0.2) is 23.1 Å². The highest BCUT2D eigenvalue weighted by Crippen LogP contribution is 2.27. The van der Waals surface area contributed by atoms with Crippen LogP contribution in [0.1, 0.15) is 19.8 Å². The van der Waals surface area contributed by atoms with Crippen molar-refractivity contribution in [3.63, 3.8) is 0 Å². The Bertz CT molecular complexity index is 582. The van der Waals surface area contributed by atoms with Gasteiger partial charge in [-0.3, -0.25) is 4.90 Å². The van der Waals surface area contributed by atoms with Crippen molar-refractivity contribution in [3.05, 3.63) is 18.2 Å². The molecular formula is C14H23N3O2S. The van der Waals surface area contributed by atoms with Crippen LogP contribution in [0.25, 0.3) is 0 Å². The van der Waals surface area contributed by atoms with Crippen LogP contribution < -0.4 is 11.1 Å². The van der Waals surface area contributed by atoms with E-state index in [1.165, 1.54) is 25.2 Å². The van der Waals surface area contributed by atoms with Gasteiger partial charge in [-0.2, -0.15) is 0 Å². The predicted molar refractivity (Wildman–Crippen MR) is 82.7 cm³/mol. The Hall–Kier alpha value is -1.27. The van der Waals surface area contributed by atoms with E-state index in [0.29, 0.717) is 11.7 Å². The molecule has 6 heteroatoms. The minimum Gasteiger partial charge on any atom is -0.397 e. The highest BCUT2D eigenvalue weighted by atomic mass is 32.2. The Morgan fingerprint density at radius 3 is 2.60 bits per heavy atom. The van der Waals surface area contributed by atoms with E-state index < -0.39 is 9.84 Å². The molecule has 2 rings (SSSR count). The van der Waals surface area contributed by atoms with E-state index in [2.05, 4.69) is 24.2 Å². The third-order valence-electron chi connectivity index (χ3n) is 3.86. The van der Waals surface area contributed by atoms with Crippen LogP contribution in [-0.2, 0) is 9.84 Å². The van der Waals surface area contributed by atoms with Gasteiger partial charge in [0.2, 0.25) is 0 Å². The highest BCUT2D eigenvalue weighted by Gasteiger charge is 2.28. The van der Waals surface area contributed by atoms with E-state index >= 15 is 0 Å². The van der Waals surface area contributed by atoms with E-state index in [4.69, 9.17) is 5.73 Å². The molecule has 20 heavy (non-hydrogen) atoms. The molecule has 0 amide bonds. The van der Waals surface area contributed by atoms with Gasteiger partial charge >= 0.3 is 0 Å². The van der Waals surface area contributed by atoms with E-state index in [1.807, 2.05) is 0 Å². The fourth-order valence-electron chi connectivity index (χ4n) is 2.18. The molecule has 0 heterocycles. The van der Waals surface area contributed by atoms with Crippen molar-refractivity contribution in [1.29, 1.82) is 0 Å². The number of rotatable bonds is 6. The monoisotopic (exact) mass is 297 g/mol. The first-order valence-electron chi connectivity index (χ1n) is 6.84. The minimum atomic E-state index is -3.21. The third-order valence-corrected chi connectivity index (χ3v) is 4.97. The molecule has 0 saturated heterocycles. The van der Waals surface area contributed by atoms with E-state index in [9.17, 15) is 8.42 Å². The van der Waals surface area contributed by atoms with Gasteiger partial charge in [0.05, 0.1) is 16.3 Å². The molecule has 1 aromatic rings. The molecule has 0 spiro atoms. The average molecular weight is 297 g/mol. The number of nitrogens with two attached hydrogens (primary N) is 1. The number of anilines is 2. The first-order valence-corrected chi connectivity index (χ1v) is 8.73. The van der Waals surface area contributed by atoms with Gasteiger partial charge in [-0.15, -0.1) is 0 Å². The Morgan fingerprint density at radius 2 is 2.10 bits per heavy atom. The Morgan fingerprint density at radius 1 is 1.45 bits per heavy atom. The molecule has 1 fully saturated rings. The number of hydrogen-bond acceptors (Lipinski definition) is 5. The summed E-state index contributed by atoms with van der Waals surface area (Å²) < 4.78 is 22.9. The van der Waals surface area contributed by atoms with Crippen molar-refractivity contribution < 1.29 is 8.42 Å². The second-order valence-electron chi connectivity index (χ2n) is 5.65. The van der Waals surface area contributed by atoms with Crippen molar-refractivity contribution >= 4 is 21.2 Å². The SMILES string of the molecule is CC(CNc1ccc(S(C)(=O)=O)cc1N)N(C)C1CC1. The van der Waals surface area contributed by atoms with Gasteiger partial charge in [0.25, 0.3) is 0 Å². The zero-order valence-electron chi connectivity index (χ0n) is 12.3. The summed E-state index contributed by atoms with van der Waals surface area (Å²) in [6.07, 6.45) is 3.75. The summed E-state index contributed by atoms with van der Waals surface area (Å²) in [5, 5.41) is 3.29. The van der Waals surface area contributed by atoms with E-state index in [0.717, 1.165) is 18.3 Å². The first kappa shape index (κ1) is 15.1. The first-order chi connectivity index (χ1) is 9.29. The maximum Gasteiger partial charge on any atom is 0.175 e. The lowest BCUT2D eigenvalue weighted by molar-refractivity contribution is 0.257. The van der Waals surface area contributed by atoms with E-state index in [1.54, 1.807) is 12.1 Å². The number of sulfone groups is 1. The summed E-state index contributed by atoms with van der Waals surface area (Å²) in [6.45, 7) is 2.96. The molecule has 3 N–H and O–H groups in total. The van der Waals surface area contributed by atoms with Gasteiger partial charge in [0.1, 0.15) is 0 Å². The Labute approximate surface area is 121 Å². The predicted octanol–water partition coefficient (Wildman–Crippen LogP) is 1.57. The maximum absolute atomic E-state index is 11.5. The van der Waals surface area contributed by atoms with Crippen LogP contribution in [0.4, 0.5) is 11.4 Å². The van der Waals surface area contributed by atoms with Gasteiger partial charge in [-0.1, -0.05) is 0 Å². The molecule has 1 unspecified atom stereocenters. The van der Waals surface area contributed by atoms with Gasteiger partial charge in [-0.05, 0) is 45.0 Å². The van der Waals surface area contributed by atoms with Crippen LogP contribution in [0.3, 0.4) is 0 Å². The lowest BCUT2D eigenvalue weighted by Crippen LogP contribution is -2.36. The topological polar surface area (TPSA) is 75.4 Å². The van der Waals surface area contributed by atoms with Crippen LogP contribution in [0.2, 0.25) is 0 Å². The zero-order chi connectivity index (χ0) is 14.9. The number of nitrogens with one attached hydrogen (secondary N) is 1. The molecular weight excluding hydrogens is 274 g/mol. The molecule has 0 aliphatic heterocycles. The van der Waals surface area contributed by atoms with Gasteiger partial charge < -0.3 is 11.1 Å². The smallest absolute Gasteiger partial charge is 0.175 e. The van der Waals surface area contributed by atoms with Crippen LogP contribution in [-0.4, -0.2) is 45.2 Å². The summed E-state index contributed by atoms with van der Waals surface area (Å²) in [7, 11) is -1.07. The Kier molecular flexibility index (Phi) is 4.25. The fourth-order valence-corrected chi connectivity index (χ4v) is 2.83. The maximum atomic E-state index is 11.5. The second kappa shape index (κ2) is 5.61. The van der Waals surface area contributed by atoms with Crippen molar-refractivity contribution in [2.45, 2.75) is 36.7 Å². The second-order valence-corrected chi connectivity index (χ2v) is 7.66. The van der Waals surface area contributed by atoms with Crippen LogP contribution in [0, 0.1) is 0 Å². The molecule has 0 aromatic heterocycles. The summed E-state index contributed by atoms with van der Waals surface area (Å²) in [4.78, 5) is 2.62. The quantitative estimate of drug-likeness (QED) is 0.780. The molecule has 1 saturated carbocycles. The summed E-state index contributed by atoms with van der Waals surface area (Å²) in [5.41, 5.74) is 7.16. The number of nitrogen functional groups attached to an aromatic ring is 1. The van der Waals surface area contributed by atoms with Crippen molar-refractivity contribution in [2.75, 3.05) is 30.9 Å². The zero-order valence-corrected chi connectivity index (χ0v) is 13.1. The normalized spacial score (nSPS) is 17.2. The van der Waals surface area contributed by atoms with E-state index in [-0.39, 0.29) is 4.90 Å². The third kappa shape index (κ3) is 3.64. The highest BCUT2D eigenvalue weighted by molar-refractivity contribution is 7.90. The van der Waals surface area contributed by atoms with Gasteiger partial charge in [0, 0.05) is 24.9 Å². The van der Waals surface area contributed by atoms with Crippen molar-refractivity contribution in [2.24, 2.45) is 0 Å². The molecule has 0 radical (unpaired) electrons. The number of likely N-dealkylation sites (N-methyl/N-ethyl adjacent to an activating group) is 1.